The molecule has 0 spiro atoms. The summed E-state index contributed by atoms with van der Waals surface area (Å²) in [5.41, 5.74) is 2.02. The molecule has 1 aromatic rings. The van der Waals surface area contributed by atoms with Gasteiger partial charge in [-0.15, -0.1) is 0 Å². The third kappa shape index (κ3) is 3.69. The molecule has 1 N–H and O–H groups in total. The van der Waals surface area contributed by atoms with E-state index in [0.717, 1.165) is 63.2 Å². The maximum Gasteiger partial charge on any atom is 0.256 e. The van der Waals surface area contributed by atoms with Gasteiger partial charge in [-0.2, -0.15) is 0 Å². The first-order valence-electron chi connectivity index (χ1n) is 9.02. The smallest absolute Gasteiger partial charge is 0.256 e. The van der Waals surface area contributed by atoms with E-state index >= 15 is 0 Å². The predicted octanol–water partition coefficient (Wildman–Crippen LogP) is 2.75. The standard InChI is InChI=1S/C19H29N3O/c1-15(2)9-12-21-13-14-22(16-7-10-20-11-8-16)18-6-4-3-5-17(18)19(21)23/h3-6,15-16,20H,7-14H2,1-2H3. The molecule has 0 bridgehead atoms. The Labute approximate surface area is 139 Å². The lowest BCUT2D eigenvalue weighted by Gasteiger charge is -2.36. The highest BCUT2D eigenvalue weighted by Gasteiger charge is 2.30. The molecule has 0 aliphatic carbocycles. The van der Waals surface area contributed by atoms with Crippen molar-refractivity contribution in [2.75, 3.05) is 37.6 Å². The first-order valence-corrected chi connectivity index (χ1v) is 9.02. The molecular formula is C19H29N3O. The quantitative estimate of drug-likeness (QED) is 0.928. The van der Waals surface area contributed by atoms with Gasteiger partial charge in [0.05, 0.1) is 5.56 Å². The summed E-state index contributed by atoms with van der Waals surface area (Å²) in [5, 5.41) is 3.44. The highest BCUT2D eigenvalue weighted by molar-refractivity contribution is 6.00. The van der Waals surface area contributed by atoms with Crippen molar-refractivity contribution in [1.29, 1.82) is 0 Å². The van der Waals surface area contributed by atoms with Crippen LogP contribution in [0.5, 0.6) is 0 Å². The Morgan fingerprint density at radius 2 is 1.91 bits per heavy atom. The highest BCUT2D eigenvalue weighted by atomic mass is 16.2. The maximum absolute atomic E-state index is 13.0. The fourth-order valence-electron chi connectivity index (χ4n) is 3.65. The van der Waals surface area contributed by atoms with Gasteiger partial charge in [0.2, 0.25) is 0 Å². The summed E-state index contributed by atoms with van der Waals surface area (Å²) in [6.07, 6.45) is 3.39. The van der Waals surface area contributed by atoms with E-state index in [1.165, 1.54) is 0 Å². The first-order chi connectivity index (χ1) is 11.2. The number of piperidine rings is 1. The summed E-state index contributed by atoms with van der Waals surface area (Å²) in [6, 6.07) is 8.73. The van der Waals surface area contributed by atoms with E-state index in [1.807, 2.05) is 12.1 Å². The van der Waals surface area contributed by atoms with Gasteiger partial charge in [0.25, 0.3) is 5.91 Å². The van der Waals surface area contributed by atoms with Crippen molar-refractivity contribution >= 4 is 11.6 Å². The number of rotatable bonds is 4. The monoisotopic (exact) mass is 315 g/mol. The summed E-state index contributed by atoms with van der Waals surface area (Å²) in [6.45, 7) is 9.25. The molecule has 0 aromatic heterocycles. The Kier molecular flexibility index (Phi) is 5.21. The van der Waals surface area contributed by atoms with Crippen LogP contribution in [-0.2, 0) is 0 Å². The highest BCUT2D eigenvalue weighted by Crippen LogP contribution is 2.29. The number of benzene rings is 1. The van der Waals surface area contributed by atoms with Gasteiger partial charge in [-0.25, -0.2) is 0 Å². The van der Waals surface area contributed by atoms with Crippen LogP contribution in [0.2, 0.25) is 0 Å². The number of carbonyl (C=O) groups is 1. The molecule has 1 fully saturated rings. The second-order valence-electron chi connectivity index (χ2n) is 7.17. The van der Waals surface area contributed by atoms with Gasteiger partial charge in [-0.05, 0) is 50.4 Å². The second kappa shape index (κ2) is 7.35. The van der Waals surface area contributed by atoms with Gasteiger partial charge in [0.1, 0.15) is 0 Å². The molecule has 2 aliphatic heterocycles. The summed E-state index contributed by atoms with van der Waals surface area (Å²) in [7, 11) is 0. The van der Waals surface area contributed by atoms with Gasteiger partial charge >= 0.3 is 0 Å². The topological polar surface area (TPSA) is 35.6 Å². The van der Waals surface area contributed by atoms with Crippen LogP contribution in [0.1, 0.15) is 43.5 Å². The lowest BCUT2D eigenvalue weighted by atomic mass is 10.0. The SMILES string of the molecule is CC(C)CCN1CCN(C2CCNCC2)c2ccccc2C1=O. The molecule has 2 aliphatic rings. The van der Waals surface area contributed by atoms with Crippen molar-refractivity contribution in [2.24, 2.45) is 5.92 Å². The second-order valence-corrected chi connectivity index (χ2v) is 7.17. The number of fused-ring (bicyclic) bond motifs is 1. The maximum atomic E-state index is 13.0. The number of anilines is 1. The van der Waals surface area contributed by atoms with Crippen LogP contribution in [0.25, 0.3) is 0 Å². The first kappa shape index (κ1) is 16.3. The number of carbonyl (C=O) groups excluding carboxylic acids is 1. The van der Waals surface area contributed by atoms with E-state index in [9.17, 15) is 4.79 Å². The molecule has 3 rings (SSSR count). The van der Waals surface area contributed by atoms with E-state index in [1.54, 1.807) is 0 Å². The lowest BCUT2D eigenvalue weighted by Crippen LogP contribution is -2.45. The fraction of sp³-hybridized carbons (Fsp3) is 0.632. The van der Waals surface area contributed by atoms with E-state index in [0.29, 0.717) is 12.0 Å². The molecular weight excluding hydrogens is 286 g/mol. The third-order valence-corrected chi connectivity index (χ3v) is 5.07. The molecule has 4 nitrogen and oxygen atoms in total. The molecule has 1 saturated heterocycles. The molecule has 0 saturated carbocycles. The Hall–Kier alpha value is -1.55. The van der Waals surface area contributed by atoms with Crippen LogP contribution in [0, 0.1) is 5.92 Å². The number of amides is 1. The van der Waals surface area contributed by atoms with Crippen molar-refractivity contribution in [2.45, 2.75) is 39.2 Å². The van der Waals surface area contributed by atoms with Crippen molar-refractivity contribution in [3.8, 4) is 0 Å². The van der Waals surface area contributed by atoms with Crippen LogP contribution >= 0.6 is 0 Å². The van der Waals surface area contributed by atoms with E-state index in [2.05, 4.69) is 41.1 Å². The zero-order chi connectivity index (χ0) is 16.2. The van der Waals surface area contributed by atoms with E-state index < -0.39 is 0 Å². The minimum atomic E-state index is 0.206. The number of para-hydroxylation sites is 1. The van der Waals surface area contributed by atoms with E-state index in [4.69, 9.17) is 0 Å². The minimum absolute atomic E-state index is 0.206. The van der Waals surface area contributed by atoms with Gasteiger partial charge in [-0.3, -0.25) is 4.79 Å². The molecule has 23 heavy (non-hydrogen) atoms. The molecule has 1 amide bonds. The molecule has 4 heteroatoms. The van der Waals surface area contributed by atoms with Gasteiger partial charge in [0, 0.05) is 31.4 Å². The molecule has 126 valence electrons. The minimum Gasteiger partial charge on any atom is -0.366 e. The average Bonchev–Trinajstić information content (AvgIpc) is 2.71. The molecule has 0 atom stereocenters. The zero-order valence-electron chi connectivity index (χ0n) is 14.4. The van der Waals surface area contributed by atoms with Crippen LogP contribution < -0.4 is 10.2 Å². The number of hydrogen-bond acceptors (Lipinski definition) is 3. The molecule has 0 radical (unpaired) electrons. The van der Waals surface area contributed by atoms with Crippen molar-refractivity contribution in [3.05, 3.63) is 29.8 Å². The molecule has 1 aromatic carbocycles. The van der Waals surface area contributed by atoms with Gasteiger partial charge < -0.3 is 15.1 Å². The van der Waals surface area contributed by atoms with Gasteiger partial charge in [-0.1, -0.05) is 26.0 Å². The lowest BCUT2D eigenvalue weighted by molar-refractivity contribution is 0.0759. The number of hydrogen-bond donors (Lipinski definition) is 1. The number of nitrogens with one attached hydrogen (secondary N) is 1. The zero-order valence-corrected chi connectivity index (χ0v) is 14.4. The molecule has 0 unspecified atom stereocenters. The van der Waals surface area contributed by atoms with Crippen LogP contribution in [0.15, 0.2) is 24.3 Å². The normalized spacial score (nSPS) is 19.9. The van der Waals surface area contributed by atoms with Crippen LogP contribution in [0.3, 0.4) is 0 Å². The Morgan fingerprint density at radius 3 is 2.65 bits per heavy atom. The Balaban J connectivity index is 1.84. The summed E-state index contributed by atoms with van der Waals surface area (Å²) in [5.74, 6) is 0.833. The molecule has 2 heterocycles. The largest absolute Gasteiger partial charge is 0.366 e. The van der Waals surface area contributed by atoms with Crippen molar-refractivity contribution in [1.82, 2.24) is 10.2 Å². The van der Waals surface area contributed by atoms with Gasteiger partial charge in [0.15, 0.2) is 0 Å². The summed E-state index contributed by atoms with van der Waals surface area (Å²) >= 11 is 0. The fourth-order valence-corrected chi connectivity index (χ4v) is 3.65. The Morgan fingerprint density at radius 1 is 1.17 bits per heavy atom. The van der Waals surface area contributed by atoms with Crippen LogP contribution in [-0.4, -0.2) is 49.6 Å². The third-order valence-electron chi connectivity index (χ3n) is 5.07. The van der Waals surface area contributed by atoms with Crippen molar-refractivity contribution in [3.63, 3.8) is 0 Å². The average molecular weight is 315 g/mol. The number of nitrogens with zero attached hydrogens (tertiary/aromatic N) is 2. The Bertz CT molecular complexity index is 537. The predicted molar refractivity (Wildman–Crippen MR) is 95.0 cm³/mol. The summed E-state index contributed by atoms with van der Waals surface area (Å²) in [4.78, 5) is 17.5. The van der Waals surface area contributed by atoms with E-state index in [-0.39, 0.29) is 5.91 Å². The van der Waals surface area contributed by atoms with Crippen LogP contribution in [0.4, 0.5) is 5.69 Å². The van der Waals surface area contributed by atoms with Crippen molar-refractivity contribution < 1.29 is 4.79 Å². The summed E-state index contributed by atoms with van der Waals surface area (Å²) < 4.78 is 0.